The summed E-state index contributed by atoms with van der Waals surface area (Å²) < 4.78 is 1.56. The van der Waals surface area contributed by atoms with E-state index in [0.717, 1.165) is 0 Å². The van der Waals surface area contributed by atoms with Crippen LogP contribution in [-0.2, 0) is 6.54 Å². The van der Waals surface area contributed by atoms with E-state index in [2.05, 4.69) is 11.0 Å². The Hall–Kier alpha value is -1.43. The summed E-state index contributed by atoms with van der Waals surface area (Å²) in [6, 6.07) is 1.71. The van der Waals surface area contributed by atoms with Crippen molar-refractivity contribution in [1.29, 1.82) is 0 Å². The standard InChI is InChI=1S/C6H7N3/c1-2-5-9-6(7)3-4-8-9/h1,3-4H,5,7H2. The molecule has 9 heavy (non-hydrogen) atoms. The van der Waals surface area contributed by atoms with E-state index in [1.165, 1.54) is 0 Å². The normalized spacial score (nSPS) is 8.78. The van der Waals surface area contributed by atoms with Crippen LogP contribution in [0.15, 0.2) is 12.3 Å². The predicted octanol–water partition coefficient (Wildman–Crippen LogP) is 0.0985. The Kier molecular flexibility index (Phi) is 1.41. The molecule has 0 aliphatic heterocycles. The number of nitrogens with two attached hydrogens (primary N) is 1. The van der Waals surface area contributed by atoms with Gasteiger partial charge in [-0.1, -0.05) is 5.92 Å². The number of nitrogens with zero attached hydrogens (tertiary/aromatic N) is 2. The molecule has 1 aromatic rings. The van der Waals surface area contributed by atoms with Gasteiger partial charge in [-0.15, -0.1) is 6.42 Å². The smallest absolute Gasteiger partial charge is 0.122 e. The maximum absolute atomic E-state index is 5.43. The van der Waals surface area contributed by atoms with E-state index in [-0.39, 0.29) is 0 Å². The van der Waals surface area contributed by atoms with Crippen molar-refractivity contribution in [3.63, 3.8) is 0 Å². The molecular weight excluding hydrogens is 114 g/mol. The lowest BCUT2D eigenvalue weighted by molar-refractivity contribution is 0.726. The Balaban J connectivity index is 2.84. The van der Waals surface area contributed by atoms with Gasteiger partial charge in [0.05, 0.1) is 6.20 Å². The van der Waals surface area contributed by atoms with Crippen LogP contribution in [0, 0.1) is 12.3 Å². The van der Waals surface area contributed by atoms with Gasteiger partial charge < -0.3 is 5.73 Å². The van der Waals surface area contributed by atoms with E-state index < -0.39 is 0 Å². The fraction of sp³-hybridized carbons (Fsp3) is 0.167. The molecule has 3 nitrogen and oxygen atoms in total. The fourth-order valence-corrected chi connectivity index (χ4v) is 0.561. The zero-order valence-corrected chi connectivity index (χ0v) is 4.91. The largest absolute Gasteiger partial charge is 0.384 e. The van der Waals surface area contributed by atoms with Gasteiger partial charge in [-0.3, -0.25) is 0 Å². The first-order valence-electron chi connectivity index (χ1n) is 2.55. The van der Waals surface area contributed by atoms with Crippen LogP contribution in [0.2, 0.25) is 0 Å². The van der Waals surface area contributed by atoms with Crippen LogP contribution in [0.25, 0.3) is 0 Å². The van der Waals surface area contributed by atoms with E-state index in [4.69, 9.17) is 12.2 Å². The fourth-order valence-electron chi connectivity index (χ4n) is 0.561. The van der Waals surface area contributed by atoms with Gasteiger partial charge in [0, 0.05) is 0 Å². The average molecular weight is 121 g/mol. The first kappa shape index (κ1) is 5.70. The van der Waals surface area contributed by atoms with E-state index in [0.29, 0.717) is 12.4 Å². The predicted molar refractivity (Wildman–Crippen MR) is 35.5 cm³/mol. The average Bonchev–Trinajstić information content (AvgIpc) is 2.18. The highest BCUT2D eigenvalue weighted by atomic mass is 15.3. The summed E-state index contributed by atoms with van der Waals surface area (Å²) in [5, 5.41) is 3.85. The molecule has 46 valence electrons. The van der Waals surface area contributed by atoms with Crippen LogP contribution in [0.3, 0.4) is 0 Å². The highest BCUT2D eigenvalue weighted by molar-refractivity contribution is 5.26. The molecule has 2 N–H and O–H groups in total. The number of rotatable bonds is 1. The van der Waals surface area contributed by atoms with Crippen LogP contribution in [-0.4, -0.2) is 9.78 Å². The van der Waals surface area contributed by atoms with Gasteiger partial charge in [0.15, 0.2) is 0 Å². The summed E-state index contributed by atoms with van der Waals surface area (Å²) in [6.45, 7) is 0.443. The zero-order chi connectivity index (χ0) is 6.69. The third kappa shape index (κ3) is 1.03. The number of aromatic nitrogens is 2. The first-order chi connectivity index (χ1) is 4.34. The van der Waals surface area contributed by atoms with E-state index in [1.54, 1.807) is 16.9 Å². The summed E-state index contributed by atoms with van der Waals surface area (Å²) in [6.07, 6.45) is 6.64. The Morgan fingerprint density at radius 3 is 3.11 bits per heavy atom. The molecule has 0 unspecified atom stereocenters. The van der Waals surface area contributed by atoms with Crippen LogP contribution >= 0.6 is 0 Å². The summed E-state index contributed by atoms with van der Waals surface area (Å²) >= 11 is 0. The lowest BCUT2D eigenvalue weighted by atomic mass is 10.6. The maximum Gasteiger partial charge on any atom is 0.122 e. The molecule has 1 aromatic heterocycles. The van der Waals surface area contributed by atoms with Gasteiger partial charge in [-0.05, 0) is 6.07 Å². The van der Waals surface area contributed by atoms with Crippen molar-refractivity contribution in [2.24, 2.45) is 0 Å². The molecule has 0 saturated heterocycles. The number of hydrogen-bond acceptors (Lipinski definition) is 2. The second kappa shape index (κ2) is 2.23. The van der Waals surface area contributed by atoms with Crippen molar-refractivity contribution in [2.75, 3.05) is 5.73 Å². The quantitative estimate of drug-likeness (QED) is 0.535. The third-order valence-electron chi connectivity index (χ3n) is 0.990. The van der Waals surface area contributed by atoms with Crippen molar-refractivity contribution in [1.82, 2.24) is 9.78 Å². The molecule has 1 heterocycles. The van der Waals surface area contributed by atoms with Gasteiger partial charge >= 0.3 is 0 Å². The minimum Gasteiger partial charge on any atom is -0.384 e. The summed E-state index contributed by atoms with van der Waals surface area (Å²) in [4.78, 5) is 0. The number of nitrogen functional groups attached to an aromatic ring is 1. The van der Waals surface area contributed by atoms with Crippen molar-refractivity contribution in [3.05, 3.63) is 12.3 Å². The molecule has 0 saturated carbocycles. The Morgan fingerprint density at radius 2 is 2.67 bits per heavy atom. The molecule has 3 heteroatoms. The Bertz CT molecular complexity index is 231. The molecule has 0 bridgehead atoms. The molecule has 0 aliphatic carbocycles. The highest BCUT2D eigenvalue weighted by Crippen LogP contribution is 1.96. The molecule has 0 atom stereocenters. The Morgan fingerprint density at radius 1 is 1.89 bits per heavy atom. The van der Waals surface area contributed by atoms with E-state index in [1.807, 2.05) is 0 Å². The van der Waals surface area contributed by atoms with Gasteiger partial charge in [0.1, 0.15) is 12.4 Å². The van der Waals surface area contributed by atoms with Crippen molar-refractivity contribution in [3.8, 4) is 12.3 Å². The van der Waals surface area contributed by atoms with Crippen LogP contribution in [0.1, 0.15) is 0 Å². The molecule has 0 aromatic carbocycles. The second-order valence-corrected chi connectivity index (χ2v) is 1.62. The summed E-state index contributed by atoms with van der Waals surface area (Å²) in [5.74, 6) is 3.04. The van der Waals surface area contributed by atoms with E-state index in [9.17, 15) is 0 Å². The van der Waals surface area contributed by atoms with Gasteiger partial charge in [-0.2, -0.15) is 5.10 Å². The number of anilines is 1. The molecule has 0 fully saturated rings. The zero-order valence-electron chi connectivity index (χ0n) is 4.91. The van der Waals surface area contributed by atoms with Crippen molar-refractivity contribution < 1.29 is 0 Å². The lowest BCUT2D eigenvalue weighted by Crippen LogP contribution is -2.02. The topological polar surface area (TPSA) is 43.8 Å². The van der Waals surface area contributed by atoms with Gasteiger partial charge in [0.2, 0.25) is 0 Å². The second-order valence-electron chi connectivity index (χ2n) is 1.62. The molecule has 0 amide bonds. The Labute approximate surface area is 53.5 Å². The highest BCUT2D eigenvalue weighted by Gasteiger charge is 1.91. The number of hydrogen-bond donors (Lipinski definition) is 1. The maximum atomic E-state index is 5.43. The van der Waals surface area contributed by atoms with E-state index >= 15 is 0 Å². The summed E-state index contributed by atoms with van der Waals surface area (Å²) in [7, 11) is 0. The van der Waals surface area contributed by atoms with Gasteiger partial charge in [-0.25, -0.2) is 4.68 Å². The lowest BCUT2D eigenvalue weighted by Gasteiger charge is -1.94. The third-order valence-corrected chi connectivity index (χ3v) is 0.990. The van der Waals surface area contributed by atoms with Gasteiger partial charge in [0.25, 0.3) is 0 Å². The monoisotopic (exact) mass is 121 g/mol. The van der Waals surface area contributed by atoms with Crippen LogP contribution in [0.5, 0.6) is 0 Å². The molecule has 0 aliphatic rings. The van der Waals surface area contributed by atoms with Crippen LogP contribution in [0.4, 0.5) is 5.82 Å². The minimum atomic E-state index is 0.443. The minimum absolute atomic E-state index is 0.443. The molecule has 0 radical (unpaired) electrons. The molecular formula is C6H7N3. The van der Waals surface area contributed by atoms with Crippen molar-refractivity contribution >= 4 is 5.82 Å². The van der Waals surface area contributed by atoms with Crippen LogP contribution < -0.4 is 5.73 Å². The molecule has 0 spiro atoms. The first-order valence-corrected chi connectivity index (χ1v) is 2.55. The van der Waals surface area contributed by atoms with Crippen molar-refractivity contribution in [2.45, 2.75) is 6.54 Å². The molecule has 1 rings (SSSR count). The summed E-state index contributed by atoms with van der Waals surface area (Å²) in [5.41, 5.74) is 5.43. The SMILES string of the molecule is C#CCn1nccc1N. The number of terminal acetylenes is 1.